The first kappa shape index (κ1) is 19.9. The summed E-state index contributed by atoms with van der Waals surface area (Å²) in [5.41, 5.74) is -2.43. The summed E-state index contributed by atoms with van der Waals surface area (Å²) in [5, 5.41) is 88.2. The Morgan fingerprint density at radius 3 is 1.00 bits per heavy atom. The maximum Gasteiger partial charge on any atom is 0.102 e. The van der Waals surface area contributed by atoms with Crippen LogP contribution < -0.4 is 0 Å². The van der Waals surface area contributed by atoms with Crippen LogP contribution in [0, 0.1) is 108 Å². The summed E-state index contributed by atoms with van der Waals surface area (Å²) in [4.78, 5) is 0. The first-order valence-electron chi connectivity index (χ1n) is 8.88. The van der Waals surface area contributed by atoms with Crippen LogP contribution in [-0.2, 0) is 0 Å². The summed E-state index contributed by atoms with van der Waals surface area (Å²) in [6, 6.07) is 16.5. The minimum absolute atomic E-state index is 0.0203. The van der Waals surface area contributed by atoms with Crippen LogP contribution in [0.15, 0.2) is 33.4 Å². The second kappa shape index (κ2) is 6.83. The zero-order chi connectivity index (χ0) is 24.0. The molecule has 0 fully saturated rings. The minimum Gasteiger partial charge on any atom is -0.192 e. The molecule has 0 saturated carbocycles. The van der Waals surface area contributed by atoms with Gasteiger partial charge in [-0.05, 0) is 11.1 Å². The Kier molecular flexibility index (Phi) is 4.12. The molecule has 0 heterocycles. The topological polar surface area (TPSA) is 214 Å². The first-order chi connectivity index (χ1) is 16.0. The van der Waals surface area contributed by atoms with Gasteiger partial charge in [-0.2, -0.15) is 47.4 Å². The van der Waals surface area contributed by atoms with Crippen molar-refractivity contribution in [3.63, 3.8) is 0 Å². The van der Waals surface area contributed by atoms with E-state index >= 15 is 0 Å². The molecule has 0 saturated heterocycles. The molecule has 142 valence electrons. The summed E-state index contributed by atoms with van der Waals surface area (Å²) in [5.74, 6) is -1.05. The normalized spacial score (nSPS) is 16.6. The van der Waals surface area contributed by atoms with Crippen LogP contribution in [0.25, 0.3) is 11.1 Å². The summed E-state index contributed by atoms with van der Waals surface area (Å²) in [6.07, 6.45) is 0. The van der Waals surface area contributed by atoms with Gasteiger partial charge in [-0.25, -0.2) is 0 Å². The highest BCUT2D eigenvalue weighted by atomic mass is 14.5. The van der Waals surface area contributed by atoms with E-state index in [1.54, 1.807) is 18.2 Å². The number of allylic oxidation sites excluding steroid dienone is 8. The molecule has 3 aliphatic rings. The van der Waals surface area contributed by atoms with Gasteiger partial charge in [0.15, 0.2) is 0 Å². The summed E-state index contributed by atoms with van der Waals surface area (Å²) >= 11 is 0. The third-order valence-electron chi connectivity index (χ3n) is 5.74. The maximum atomic E-state index is 9.91. The molecule has 4 rings (SSSR count). The van der Waals surface area contributed by atoms with E-state index in [1.165, 1.54) is 0 Å². The zero-order valence-electron chi connectivity index (χ0n) is 16.1. The van der Waals surface area contributed by atoms with Gasteiger partial charge in [0.1, 0.15) is 54.6 Å². The van der Waals surface area contributed by atoms with Crippen molar-refractivity contribution in [1.82, 2.24) is 0 Å². The van der Waals surface area contributed by atoms with E-state index in [4.69, 9.17) is 0 Å². The Bertz CT molecular complexity index is 1790. The lowest BCUT2D eigenvalue weighted by Crippen LogP contribution is -2.13. The van der Waals surface area contributed by atoms with Gasteiger partial charge in [-0.15, -0.1) is 0 Å². The van der Waals surface area contributed by atoms with Gasteiger partial charge < -0.3 is 0 Å². The SMILES string of the molecule is N#CC1=C(C#N)C2=C(C#N)C(C#N)=C3c4c(C#N)c(C#N)c(C#N)c(C#N)c4C(=C1C#N)[C@@H]23. The molecule has 33 heavy (non-hydrogen) atoms. The molecule has 0 spiro atoms. The van der Waals surface area contributed by atoms with E-state index in [0.29, 0.717) is 0 Å². The van der Waals surface area contributed by atoms with Crippen LogP contribution in [0.5, 0.6) is 0 Å². The van der Waals surface area contributed by atoms with Crippen LogP contribution in [0.3, 0.4) is 0 Å². The Labute approximate surface area is 186 Å². The van der Waals surface area contributed by atoms with Crippen molar-refractivity contribution >= 4 is 11.1 Å². The van der Waals surface area contributed by atoms with Gasteiger partial charge in [-0.1, -0.05) is 0 Å². The molecule has 0 N–H and O–H groups in total. The summed E-state index contributed by atoms with van der Waals surface area (Å²) in [7, 11) is 0. The molecule has 0 aliphatic heterocycles. The monoisotopic (exact) mass is 415 g/mol. The second-order valence-electron chi connectivity index (χ2n) is 6.81. The van der Waals surface area contributed by atoms with Crippen molar-refractivity contribution in [2.75, 3.05) is 0 Å². The number of hydrogen-bond donors (Lipinski definition) is 0. The van der Waals surface area contributed by atoms with Crippen LogP contribution >= 0.6 is 0 Å². The van der Waals surface area contributed by atoms with Crippen molar-refractivity contribution in [1.29, 1.82) is 47.4 Å². The standard InChI is InChI=1S/C24HN9/c25-1-10-11(2-26)15(6-30)21-20(14(10)5-29)22-16(7-31)12(3-27)13(4-28)19-17(8-32)18(9-33)23(21)24(19)22/h24H/t24-/m1/s1. The number of nitrogens with zero attached hydrogens (tertiary/aromatic N) is 9. The number of fused-ring (bicyclic) bond motifs is 3. The second-order valence-corrected chi connectivity index (χ2v) is 6.81. The van der Waals surface area contributed by atoms with Gasteiger partial charge >= 0.3 is 0 Å². The third kappa shape index (κ3) is 2.04. The number of rotatable bonds is 0. The smallest absolute Gasteiger partial charge is 0.102 e. The quantitative estimate of drug-likeness (QED) is 0.607. The molecular weight excluding hydrogens is 414 g/mol. The molecule has 0 aromatic heterocycles. The Balaban J connectivity index is 2.46. The average molecular weight is 415 g/mol. The van der Waals surface area contributed by atoms with E-state index in [0.717, 1.165) is 0 Å². The molecule has 0 unspecified atom stereocenters. The molecule has 1 aromatic carbocycles. The molecule has 0 radical (unpaired) electrons. The maximum absolute atomic E-state index is 9.91. The lowest BCUT2D eigenvalue weighted by Gasteiger charge is -2.22. The highest BCUT2D eigenvalue weighted by molar-refractivity contribution is 6.11. The highest BCUT2D eigenvalue weighted by Gasteiger charge is 2.52. The molecule has 1 atom stereocenters. The van der Waals surface area contributed by atoms with E-state index in [9.17, 15) is 47.4 Å². The van der Waals surface area contributed by atoms with Crippen molar-refractivity contribution in [2.24, 2.45) is 5.92 Å². The van der Waals surface area contributed by atoms with Crippen LogP contribution in [-0.4, -0.2) is 0 Å². The molecule has 0 amide bonds. The molecule has 3 aliphatic carbocycles. The van der Waals surface area contributed by atoms with Crippen LogP contribution in [0.1, 0.15) is 33.4 Å². The third-order valence-corrected chi connectivity index (χ3v) is 5.74. The largest absolute Gasteiger partial charge is 0.192 e. The molecule has 9 heteroatoms. The van der Waals surface area contributed by atoms with Gasteiger partial charge in [-0.3, -0.25) is 0 Å². The van der Waals surface area contributed by atoms with Gasteiger partial charge in [0.25, 0.3) is 0 Å². The highest BCUT2D eigenvalue weighted by Crippen LogP contribution is 2.62. The molecule has 9 nitrogen and oxygen atoms in total. The zero-order valence-corrected chi connectivity index (χ0v) is 16.1. The van der Waals surface area contributed by atoms with Gasteiger partial charge in [0.2, 0.25) is 0 Å². The fraction of sp³-hybridized carbons (Fsp3) is 0.0417. The number of nitriles is 9. The average Bonchev–Trinajstić information content (AvgIpc) is 3.36. The number of hydrogen-bond acceptors (Lipinski definition) is 9. The van der Waals surface area contributed by atoms with Crippen molar-refractivity contribution < 1.29 is 0 Å². The lowest BCUT2D eigenvalue weighted by molar-refractivity contribution is 1.05. The predicted octanol–water partition coefficient (Wildman–Crippen LogP) is 2.55. The van der Waals surface area contributed by atoms with Crippen molar-refractivity contribution in [3.8, 4) is 54.6 Å². The van der Waals surface area contributed by atoms with Crippen molar-refractivity contribution in [3.05, 3.63) is 66.8 Å². The Morgan fingerprint density at radius 1 is 0.333 bits per heavy atom. The van der Waals surface area contributed by atoms with Gasteiger partial charge in [0, 0.05) is 22.6 Å². The summed E-state index contributed by atoms with van der Waals surface area (Å²) < 4.78 is 0. The van der Waals surface area contributed by atoms with E-state index in [1.807, 2.05) is 36.4 Å². The Morgan fingerprint density at radius 2 is 0.667 bits per heavy atom. The van der Waals surface area contributed by atoms with Crippen LogP contribution in [0.2, 0.25) is 0 Å². The van der Waals surface area contributed by atoms with E-state index in [2.05, 4.69) is 0 Å². The van der Waals surface area contributed by atoms with E-state index < -0.39 is 5.92 Å². The molecule has 0 bridgehead atoms. The summed E-state index contributed by atoms with van der Waals surface area (Å²) in [6.45, 7) is 0. The molecule has 1 aromatic rings. The van der Waals surface area contributed by atoms with Crippen LogP contribution in [0.4, 0.5) is 0 Å². The Hall–Kier alpha value is -6.41. The first-order valence-corrected chi connectivity index (χ1v) is 8.88. The lowest BCUT2D eigenvalue weighted by atomic mass is 9.75. The number of benzene rings is 1. The fourth-order valence-corrected chi connectivity index (χ4v) is 4.65. The van der Waals surface area contributed by atoms with Gasteiger partial charge in [0.05, 0.1) is 50.1 Å². The minimum atomic E-state index is -1.05. The van der Waals surface area contributed by atoms with Crippen molar-refractivity contribution in [2.45, 2.75) is 0 Å². The fourth-order valence-electron chi connectivity index (χ4n) is 4.65. The predicted molar refractivity (Wildman–Crippen MR) is 105 cm³/mol. The van der Waals surface area contributed by atoms with E-state index in [-0.39, 0.29) is 78.0 Å². The molecular formula is C24HN9.